The zero-order chi connectivity index (χ0) is 17.9. The maximum atomic E-state index is 11.8. The SMILES string of the molecule is O=C(O)C1CCCCC1c1nnc(-c2ccccc2)n1-c1ccccc1. The molecule has 26 heavy (non-hydrogen) atoms. The second-order valence-corrected chi connectivity index (χ2v) is 6.75. The van der Waals surface area contributed by atoms with Crippen LogP contribution >= 0.6 is 0 Å². The highest BCUT2D eigenvalue weighted by molar-refractivity contribution is 5.71. The van der Waals surface area contributed by atoms with Crippen molar-refractivity contribution in [1.29, 1.82) is 0 Å². The van der Waals surface area contributed by atoms with Gasteiger partial charge in [-0.25, -0.2) is 0 Å². The lowest BCUT2D eigenvalue weighted by molar-refractivity contribution is -0.143. The van der Waals surface area contributed by atoms with Crippen molar-refractivity contribution in [2.24, 2.45) is 5.92 Å². The normalized spacial score (nSPS) is 20.0. The Labute approximate surface area is 152 Å². The van der Waals surface area contributed by atoms with E-state index in [-0.39, 0.29) is 5.92 Å². The van der Waals surface area contributed by atoms with Crippen LogP contribution in [0.1, 0.15) is 37.4 Å². The Morgan fingerprint density at radius 2 is 1.58 bits per heavy atom. The van der Waals surface area contributed by atoms with Gasteiger partial charge in [-0.15, -0.1) is 10.2 Å². The maximum Gasteiger partial charge on any atom is 0.307 e. The van der Waals surface area contributed by atoms with Gasteiger partial charge in [0.15, 0.2) is 5.82 Å². The van der Waals surface area contributed by atoms with E-state index in [0.717, 1.165) is 42.2 Å². The molecular formula is C21H21N3O2. The van der Waals surface area contributed by atoms with Crippen LogP contribution in [-0.4, -0.2) is 25.8 Å². The van der Waals surface area contributed by atoms with Gasteiger partial charge >= 0.3 is 5.97 Å². The summed E-state index contributed by atoms with van der Waals surface area (Å²) in [6.07, 6.45) is 3.51. The molecule has 1 heterocycles. The fraction of sp³-hybridized carbons (Fsp3) is 0.286. The van der Waals surface area contributed by atoms with E-state index in [0.29, 0.717) is 6.42 Å². The van der Waals surface area contributed by atoms with Crippen LogP contribution in [0, 0.1) is 5.92 Å². The molecule has 5 heteroatoms. The second-order valence-electron chi connectivity index (χ2n) is 6.75. The Balaban J connectivity index is 1.88. The third kappa shape index (κ3) is 3.01. The molecule has 4 rings (SSSR count). The Kier molecular flexibility index (Phi) is 4.52. The van der Waals surface area contributed by atoms with Crippen molar-refractivity contribution >= 4 is 5.97 Å². The van der Waals surface area contributed by atoms with Crippen molar-refractivity contribution in [3.63, 3.8) is 0 Å². The highest BCUT2D eigenvalue weighted by Crippen LogP contribution is 2.39. The van der Waals surface area contributed by atoms with Gasteiger partial charge in [0.1, 0.15) is 5.82 Å². The van der Waals surface area contributed by atoms with E-state index in [1.807, 2.05) is 65.2 Å². The molecule has 0 amide bonds. The number of carboxylic acids is 1. The molecule has 1 fully saturated rings. The van der Waals surface area contributed by atoms with Gasteiger partial charge in [0.2, 0.25) is 0 Å². The van der Waals surface area contributed by atoms with Crippen LogP contribution in [-0.2, 0) is 4.79 Å². The first-order chi connectivity index (χ1) is 12.8. The Bertz CT molecular complexity index is 890. The molecule has 3 aromatic rings. The van der Waals surface area contributed by atoms with Gasteiger partial charge in [0, 0.05) is 17.2 Å². The molecule has 1 N–H and O–H groups in total. The minimum Gasteiger partial charge on any atom is -0.481 e. The van der Waals surface area contributed by atoms with Gasteiger partial charge in [-0.2, -0.15) is 0 Å². The molecule has 5 nitrogen and oxygen atoms in total. The molecule has 2 unspecified atom stereocenters. The predicted molar refractivity (Wildman–Crippen MR) is 99.1 cm³/mol. The fourth-order valence-corrected chi connectivity index (χ4v) is 3.88. The molecule has 0 radical (unpaired) electrons. The lowest BCUT2D eigenvalue weighted by Crippen LogP contribution is -2.27. The fourth-order valence-electron chi connectivity index (χ4n) is 3.88. The average molecular weight is 347 g/mol. The summed E-state index contributed by atoms with van der Waals surface area (Å²) in [5.74, 6) is 0.243. The minimum absolute atomic E-state index is 0.119. The van der Waals surface area contributed by atoms with Gasteiger partial charge in [0.05, 0.1) is 5.92 Å². The monoisotopic (exact) mass is 347 g/mol. The van der Waals surface area contributed by atoms with Gasteiger partial charge in [-0.05, 0) is 25.0 Å². The van der Waals surface area contributed by atoms with Crippen LogP contribution in [0.3, 0.4) is 0 Å². The zero-order valence-electron chi connectivity index (χ0n) is 14.5. The number of rotatable bonds is 4. The highest BCUT2D eigenvalue weighted by atomic mass is 16.4. The summed E-state index contributed by atoms with van der Waals surface area (Å²) in [7, 11) is 0. The average Bonchev–Trinajstić information content (AvgIpc) is 3.14. The molecule has 1 saturated carbocycles. The van der Waals surface area contributed by atoms with Crippen molar-refractivity contribution in [1.82, 2.24) is 14.8 Å². The molecule has 0 saturated heterocycles. The standard InChI is InChI=1S/C21H21N3O2/c25-21(26)18-14-8-7-13-17(18)20-23-22-19(15-9-3-1-4-10-15)24(20)16-11-5-2-6-12-16/h1-6,9-12,17-18H,7-8,13-14H2,(H,25,26). The molecule has 0 spiro atoms. The predicted octanol–water partition coefficient (Wildman–Crippen LogP) is 4.29. The summed E-state index contributed by atoms with van der Waals surface area (Å²) >= 11 is 0. The van der Waals surface area contributed by atoms with Crippen LogP contribution in [0.2, 0.25) is 0 Å². The van der Waals surface area contributed by atoms with E-state index in [2.05, 4.69) is 10.2 Å². The van der Waals surface area contributed by atoms with Gasteiger partial charge in [-0.3, -0.25) is 9.36 Å². The van der Waals surface area contributed by atoms with E-state index < -0.39 is 11.9 Å². The first-order valence-electron chi connectivity index (χ1n) is 9.04. The molecule has 1 aliphatic rings. The number of hydrogen-bond donors (Lipinski definition) is 1. The van der Waals surface area contributed by atoms with Gasteiger partial charge < -0.3 is 5.11 Å². The number of hydrogen-bond acceptors (Lipinski definition) is 3. The van der Waals surface area contributed by atoms with E-state index in [9.17, 15) is 9.90 Å². The van der Waals surface area contributed by atoms with Crippen molar-refractivity contribution in [2.45, 2.75) is 31.6 Å². The summed E-state index contributed by atoms with van der Waals surface area (Å²) in [5, 5.41) is 18.6. The van der Waals surface area contributed by atoms with E-state index in [1.165, 1.54) is 0 Å². The first kappa shape index (κ1) is 16.5. The molecule has 1 aromatic heterocycles. The number of benzene rings is 2. The maximum absolute atomic E-state index is 11.8. The summed E-state index contributed by atoms with van der Waals surface area (Å²) in [4.78, 5) is 11.8. The van der Waals surface area contributed by atoms with E-state index in [1.54, 1.807) is 0 Å². The van der Waals surface area contributed by atoms with Crippen LogP contribution in [0.25, 0.3) is 17.1 Å². The van der Waals surface area contributed by atoms with E-state index in [4.69, 9.17) is 0 Å². The summed E-state index contributed by atoms with van der Waals surface area (Å²) < 4.78 is 2.03. The quantitative estimate of drug-likeness (QED) is 0.764. The Morgan fingerprint density at radius 3 is 2.27 bits per heavy atom. The minimum atomic E-state index is -0.737. The van der Waals surface area contributed by atoms with Crippen LogP contribution < -0.4 is 0 Å². The van der Waals surface area contributed by atoms with E-state index >= 15 is 0 Å². The molecular weight excluding hydrogens is 326 g/mol. The number of carbonyl (C=O) groups is 1. The topological polar surface area (TPSA) is 68.0 Å². The van der Waals surface area contributed by atoms with Crippen molar-refractivity contribution in [3.8, 4) is 17.1 Å². The largest absolute Gasteiger partial charge is 0.481 e. The third-order valence-corrected chi connectivity index (χ3v) is 5.15. The number of carboxylic acid groups (broad SMARTS) is 1. The lowest BCUT2D eigenvalue weighted by atomic mass is 9.78. The lowest BCUT2D eigenvalue weighted by Gasteiger charge is -2.28. The summed E-state index contributed by atoms with van der Waals surface area (Å²) in [5.41, 5.74) is 1.93. The Morgan fingerprint density at radius 1 is 0.923 bits per heavy atom. The molecule has 2 atom stereocenters. The highest BCUT2D eigenvalue weighted by Gasteiger charge is 2.36. The molecule has 132 valence electrons. The second kappa shape index (κ2) is 7.12. The molecule has 1 aliphatic carbocycles. The molecule has 0 aliphatic heterocycles. The van der Waals surface area contributed by atoms with Crippen molar-refractivity contribution in [2.75, 3.05) is 0 Å². The van der Waals surface area contributed by atoms with Gasteiger partial charge in [-0.1, -0.05) is 61.4 Å². The molecule has 2 aromatic carbocycles. The van der Waals surface area contributed by atoms with Crippen LogP contribution in [0.15, 0.2) is 60.7 Å². The van der Waals surface area contributed by atoms with Crippen LogP contribution in [0.5, 0.6) is 0 Å². The number of nitrogens with zero attached hydrogens (tertiary/aromatic N) is 3. The summed E-state index contributed by atoms with van der Waals surface area (Å²) in [6.45, 7) is 0. The van der Waals surface area contributed by atoms with Crippen molar-refractivity contribution in [3.05, 3.63) is 66.5 Å². The zero-order valence-corrected chi connectivity index (χ0v) is 14.5. The smallest absolute Gasteiger partial charge is 0.307 e. The number of para-hydroxylation sites is 1. The number of aliphatic carboxylic acids is 1. The third-order valence-electron chi connectivity index (χ3n) is 5.15. The molecule has 0 bridgehead atoms. The first-order valence-corrected chi connectivity index (χ1v) is 9.04. The van der Waals surface area contributed by atoms with Crippen molar-refractivity contribution < 1.29 is 9.90 Å². The number of aromatic nitrogens is 3. The Hall–Kier alpha value is -2.95. The van der Waals surface area contributed by atoms with Gasteiger partial charge in [0.25, 0.3) is 0 Å². The summed E-state index contributed by atoms with van der Waals surface area (Å²) in [6, 6.07) is 19.9. The van der Waals surface area contributed by atoms with Crippen LogP contribution in [0.4, 0.5) is 0 Å².